The van der Waals surface area contributed by atoms with Gasteiger partial charge >= 0.3 is 6.18 Å². The predicted molar refractivity (Wildman–Crippen MR) is 117 cm³/mol. The fraction of sp³-hybridized carbons (Fsp3) is 0.391. The molecule has 1 aliphatic heterocycles. The number of nitrogens with zero attached hydrogens (tertiary/aromatic N) is 3. The van der Waals surface area contributed by atoms with Crippen LogP contribution in [0.25, 0.3) is 11.0 Å². The monoisotopic (exact) mass is 494 g/mol. The van der Waals surface area contributed by atoms with Crippen LogP contribution >= 0.6 is 0 Å². The summed E-state index contributed by atoms with van der Waals surface area (Å²) < 4.78 is 65.8. The van der Waals surface area contributed by atoms with E-state index >= 15 is 0 Å². The van der Waals surface area contributed by atoms with Gasteiger partial charge in [-0.25, -0.2) is 14.4 Å². The fourth-order valence-corrected chi connectivity index (χ4v) is 3.98. The van der Waals surface area contributed by atoms with Crippen LogP contribution in [-0.2, 0) is 10.9 Å². The Balaban J connectivity index is 1.58. The highest BCUT2D eigenvalue weighted by atomic mass is 19.4. The molecular weight excluding hydrogens is 472 g/mol. The van der Waals surface area contributed by atoms with Crippen LogP contribution in [0.2, 0.25) is 0 Å². The van der Waals surface area contributed by atoms with E-state index in [1.807, 2.05) is 0 Å². The average Bonchev–Trinajstić information content (AvgIpc) is 3.18. The highest BCUT2D eigenvalue weighted by molar-refractivity contribution is 5.94. The van der Waals surface area contributed by atoms with Crippen LogP contribution in [0.15, 0.2) is 35.1 Å². The van der Waals surface area contributed by atoms with Gasteiger partial charge in [0.05, 0.1) is 18.5 Å². The molecule has 0 bridgehead atoms. The Bertz CT molecular complexity index is 1310. The number of rotatable bonds is 5. The van der Waals surface area contributed by atoms with Crippen LogP contribution in [0.4, 0.5) is 17.6 Å². The van der Waals surface area contributed by atoms with Crippen molar-refractivity contribution < 1.29 is 31.8 Å². The van der Waals surface area contributed by atoms with Crippen LogP contribution in [0.3, 0.4) is 0 Å². The molecule has 1 aromatic carbocycles. The van der Waals surface area contributed by atoms with Gasteiger partial charge in [0.15, 0.2) is 11.3 Å². The number of fused-ring (bicyclic) bond motifs is 1. The number of carbonyl (C=O) groups excluding carboxylic acids is 1. The Morgan fingerprint density at radius 1 is 1.20 bits per heavy atom. The lowest BCUT2D eigenvalue weighted by atomic mass is 10.1. The van der Waals surface area contributed by atoms with Crippen molar-refractivity contribution in [3.05, 3.63) is 63.3 Å². The summed E-state index contributed by atoms with van der Waals surface area (Å²) in [7, 11) is 1.38. The SMILES string of the molecule is CO[C@H]1CN(C(=O)c2ccc(O[C@H](C)c3cc4c(=O)[nH]c(C)nc4nc3C(F)(F)F)cc2)C[C@H]1F. The second-order valence-electron chi connectivity index (χ2n) is 8.23. The third-order valence-electron chi connectivity index (χ3n) is 5.75. The summed E-state index contributed by atoms with van der Waals surface area (Å²) in [4.78, 5) is 36.1. The van der Waals surface area contributed by atoms with E-state index in [4.69, 9.17) is 9.47 Å². The summed E-state index contributed by atoms with van der Waals surface area (Å²) in [5, 5.41) is -0.0962. The zero-order valence-corrected chi connectivity index (χ0v) is 19.0. The fourth-order valence-electron chi connectivity index (χ4n) is 3.98. The molecule has 1 fully saturated rings. The molecule has 2 aromatic heterocycles. The molecule has 35 heavy (non-hydrogen) atoms. The molecular formula is C23H22F4N4O4. The molecule has 0 unspecified atom stereocenters. The minimum Gasteiger partial charge on any atom is -0.486 e. The van der Waals surface area contributed by atoms with Gasteiger partial charge in [-0.3, -0.25) is 9.59 Å². The Morgan fingerprint density at radius 3 is 2.49 bits per heavy atom. The number of likely N-dealkylation sites (tertiary alicyclic amines) is 1. The maximum absolute atomic E-state index is 13.9. The van der Waals surface area contributed by atoms with Gasteiger partial charge < -0.3 is 19.4 Å². The van der Waals surface area contributed by atoms with E-state index in [-0.39, 0.29) is 46.8 Å². The molecule has 4 rings (SSSR count). The number of ether oxygens (including phenoxy) is 2. The summed E-state index contributed by atoms with van der Waals surface area (Å²) in [6, 6.07) is 6.82. The number of aromatic amines is 1. The molecule has 12 heteroatoms. The molecule has 3 heterocycles. The molecule has 0 aliphatic carbocycles. The number of benzene rings is 1. The van der Waals surface area contributed by atoms with E-state index in [0.717, 1.165) is 6.07 Å². The topological polar surface area (TPSA) is 97.4 Å². The Kier molecular flexibility index (Phi) is 6.50. The maximum Gasteiger partial charge on any atom is 0.433 e. The van der Waals surface area contributed by atoms with Crippen LogP contribution < -0.4 is 10.3 Å². The number of amides is 1. The molecule has 0 spiro atoms. The van der Waals surface area contributed by atoms with Crippen LogP contribution in [0.1, 0.15) is 40.5 Å². The molecule has 1 saturated heterocycles. The smallest absolute Gasteiger partial charge is 0.433 e. The average molecular weight is 494 g/mol. The zero-order valence-electron chi connectivity index (χ0n) is 19.0. The first kappa shape index (κ1) is 24.6. The number of H-pyrrole nitrogens is 1. The van der Waals surface area contributed by atoms with Crippen molar-refractivity contribution in [3.8, 4) is 5.75 Å². The van der Waals surface area contributed by atoms with Crippen LogP contribution in [0.5, 0.6) is 5.75 Å². The van der Waals surface area contributed by atoms with Gasteiger partial charge in [0.1, 0.15) is 30.0 Å². The summed E-state index contributed by atoms with van der Waals surface area (Å²) in [5.74, 6) is -0.0619. The summed E-state index contributed by atoms with van der Waals surface area (Å²) in [6.45, 7) is 2.87. The van der Waals surface area contributed by atoms with Crippen molar-refractivity contribution in [1.29, 1.82) is 0 Å². The first-order chi connectivity index (χ1) is 16.5. The van der Waals surface area contributed by atoms with E-state index in [1.165, 1.54) is 50.1 Å². The van der Waals surface area contributed by atoms with Crippen LogP contribution in [0, 0.1) is 6.92 Å². The molecule has 1 aliphatic rings. The Morgan fingerprint density at radius 2 is 1.89 bits per heavy atom. The van der Waals surface area contributed by atoms with Gasteiger partial charge in [0.25, 0.3) is 11.5 Å². The van der Waals surface area contributed by atoms with Gasteiger partial charge in [0, 0.05) is 18.2 Å². The number of aromatic nitrogens is 3. The second-order valence-corrected chi connectivity index (χ2v) is 8.23. The molecule has 1 N–H and O–H groups in total. The number of halogens is 4. The van der Waals surface area contributed by atoms with E-state index in [1.54, 1.807) is 0 Å². The standard InChI is InChI=1S/C23H22F4N4O4/c1-11(15-8-16-20(28-12(2)29-21(16)32)30-19(15)23(25,26)27)35-14-6-4-13(5-7-14)22(33)31-9-17(24)18(10-31)34-3/h4-8,11,17-18H,9-10H2,1-3H3,(H,28,29,30,32)/t11-,17-,18+/m1/s1. The summed E-state index contributed by atoms with van der Waals surface area (Å²) in [6.07, 6.45) is -7.91. The third-order valence-corrected chi connectivity index (χ3v) is 5.75. The van der Waals surface area contributed by atoms with E-state index in [0.29, 0.717) is 0 Å². The lowest BCUT2D eigenvalue weighted by molar-refractivity contribution is -0.142. The van der Waals surface area contributed by atoms with Gasteiger partial charge in [-0.2, -0.15) is 13.2 Å². The Hall–Kier alpha value is -3.54. The summed E-state index contributed by atoms with van der Waals surface area (Å²) in [5.41, 5.74) is -2.20. The number of nitrogens with one attached hydrogen (secondary N) is 1. The lowest BCUT2D eigenvalue weighted by Gasteiger charge is -2.20. The molecule has 186 valence electrons. The van der Waals surface area contributed by atoms with E-state index in [2.05, 4.69) is 15.0 Å². The van der Waals surface area contributed by atoms with Crippen molar-refractivity contribution in [2.24, 2.45) is 0 Å². The van der Waals surface area contributed by atoms with Crippen molar-refractivity contribution in [1.82, 2.24) is 19.9 Å². The predicted octanol–water partition coefficient (Wildman–Crippen LogP) is 3.59. The number of aryl methyl sites for hydroxylation is 1. The quantitative estimate of drug-likeness (QED) is 0.545. The van der Waals surface area contributed by atoms with Crippen molar-refractivity contribution >= 4 is 16.9 Å². The van der Waals surface area contributed by atoms with Crippen molar-refractivity contribution in [2.45, 2.75) is 38.4 Å². The first-order valence-corrected chi connectivity index (χ1v) is 10.7. The number of alkyl halides is 4. The number of carbonyl (C=O) groups is 1. The van der Waals surface area contributed by atoms with Gasteiger partial charge in [-0.05, 0) is 44.2 Å². The number of hydrogen-bond acceptors (Lipinski definition) is 6. The maximum atomic E-state index is 13.9. The lowest BCUT2D eigenvalue weighted by Crippen LogP contribution is -2.29. The second kappa shape index (κ2) is 9.25. The van der Waals surface area contributed by atoms with Crippen LogP contribution in [-0.4, -0.2) is 58.2 Å². The largest absolute Gasteiger partial charge is 0.486 e. The summed E-state index contributed by atoms with van der Waals surface area (Å²) >= 11 is 0. The van der Waals surface area contributed by atoms with Gasteiger partial charge in [0.2, 0.25) is 0 Å². The molecule has 3 aromatic rings. The van der Waals surface area contributed by atoms with E-state index < -0.39 is 41.7 Å². The van der Waals surface area contributed by atoms with Crippen molar-refractivity contribution in [2.75, 3.05) is 20.2 Å². The van der Waals surface area contributed by atoms with Crippen molar-refractivity contribution in [3.63, 3.8) is 0 Å². The molecule has 8 nitrogen and oxygen atoms in total. The number of hydrogen-bond donors (Lipinski definition) is 1. The minimum absolute atomic E-state index is 0.0880. The molecule has 1 amide bonds. The highest BCUT2D eigenvalue weighted by Gasteiger charge is 2.38. The number of methoxy groups -OCH3 is 1. The molecule has 0 radical (unpaired) electrons. The van der Waals surface area contributed by atoms with Gasteiger partial charge in [-0.1, -0.05) is 0 Å². The highest BCUT2D eigenvalue weighted by Crippen LogP contribution is 2.36. The molecule has 0 saturated carbocycles. The Labute approximate surface area is 196 Å². The number of pyridine rings is 1. The first-order valence-electron chi connectivity index (χ1n) is 10.7. The zero-order chi connectivity index (χ0) is 25.5. The van der Waals surface area contributed by atoms with Gasteiger partial charge in [-0.15, -0.1) is 0 Å². The molecule has 3 atom stereocenters. The third kappa shape index (κ3) is 4.97. The normalized spacial score (nSPS) is 19.2. The minimum atomic E-state index is -4.81. The van der Waals surface area contributed by atoms with E-state index in [9.17, 15) is 27.2 Å².